The van der Waals surface area contributed by atoms with Gasteiger partial charge in [0, 0.05) is 11.5 Å². The molecule has 1 heterocycles. The van der Waals surface area contributed by atoms with E-state index in [0.717, 1.165) is 0 Å². The summed E-state index contributed by atoms with van der Waals surface area (Å²) in [6.45, 7) is 4.95. The van der Waals surface area contributed by atoms with Crippen LogP contribution in [-0.4, -0.2) is 25.6 Å². The maximum absolute atomic E-state index is 11.7. The molecular weight excluding hydrogens is 230 g/mol. The van der Waals surface area contributed by atoms with E-state index in [9.17, 15) is 13.2 Å². The second-order valence-corrected chi connectivity index (χ2v) is 6.08. The van der Waals surface area contributed by atoms with Gasteiger partial charge in [0.05, 0.1) is 17.2 Å². The molecule has 0 aliphatic rings. The Hall–Kier alpha value is -1.17. The van der Waals surface area contributed by atoms with Crippen LogP contribution in [-0.2, 0) is 20.4 Å². The Kier molecular flexibility index (Phi) is 3.85. The summed E-state index contributed by atoms with van der Waals surface area (Å²) in [5, 5.41) is 3.69. The summed E-state index contributed by atoms with van der Waals surface area (Å²) < 4.78 is 28.4. The molecule has 0 bridgehead atoms. The van der Waals surface area contributed by atoms with E-state index >= 15 is 0 Å². The Bertz CT molecular complexity index is 456. The number of sulfone groups is 1. The molecule has 0 amide bonds. The molecule has 0 radical (unpaired) electrons. The number of nitrogens with zero attached hydrogens (tertiary/aromatic N) is 1. The predicted octanol–water partition coefficient (Wildman–Crippen LogP) is 1.04. The molecule has 1 aromatic heterocycles. The van der Waals surface area contributed by atoms with Crippen LogP contribution in [0.15, 0.2) is 4.52 Å². The van der Waals surface area contributed by atoms with Gasteiger partial charge in [0.25, 0.3) is 0 Å². The van der Waals surface area contributed by atoms with Gasteiger partial charge in [0.2, 0.25) is 0 Å². The number of hydrogen-bond acceptors (Lipinski definition) is 5. The van der Waals surface area contributed by atoms with E-state index in [2.05, 4.69) is 5.16 Å². The highest BCUT2D eigenvalue weighted by molar-refractivity contribution is 7.90. The molecule has 0 spiro atoms. The van der Waals surface area contributed by atoms with Gasteiger partial charge in [-0.15, -0.1) is 0 Å². The first-order valence-electron chi connectivity index (χ1n) is 4.93. The topological polar surface area (TPSA) is 77.2 Å². The zero-order valence-corrected chi connectivity index (χ0v) is 10.4. The Morgan fingerprint density at radius 2 is 2.06 bits per heavy atom. The Morgan fingerprint density at radius 1 is 1.44 bits per heavy atom. The lowest BCUT2D eigenvalue weighted by Crippen LogP contribution is -2.17. The lowest BCUT2D eigenvalue weighted by atomic mass is 10.2. The monoisotopic (exact) mass is 245 g/mol. The molecule has 90 valence electrons. The number of aryl methyl sites for hydroxylation is 2. The van der Waals surface area contributed by atoms with Gasteiger partial charge in [0.1, 0.15) is 12.0 Å². The molecule has 0 saturated carbocycles. The summed E-state index contributed by atoms with van der Waals surface area (Å²) in [6, 6.07) is 0. The fraction of sp³-hybridized carbons (Fsp3) is 0.600. The smallest absolute Gasteiger partial charge is 0.155 e. The molecule has 1 atom stereocenters. The van der Waals surface area contributed by atoms with Crippen molar-refractivity contribution in [2.24, 2.45) is 5.92 Å². The number of aldehydes is 1. The van der Waals surface area contributed by atoms with E-state index in [1.54, 1.807) is 20.8 Å². The first-order chi connectivity index (χ1) is 7.35. The number of hydrogen-bond donors (Lipinski definition) is 0. The van der Waals surface area contributed by atoms with E-state index in [4.69, 9.17) is 4.52 Å². The molecule has 0 N–H and O–H groups in total. The van der Waals surface area contributed by atoms with Crippen molar-refractivity contribution in [3.8, 4) is 0 Å². The standard InChI is InChI=1S/C10H15NO4S/c1-7(4-12)5-16(13,14)6-10-8(2)11-15-9(10)3/h4,7H,5-6H2,1-3H3/t7-/m1/s1. The van der Waals surface area contributed by atoms with Crippen molar-refractivity contribution in [2.45, 2.75) is 26.5 Å². The minimum Gasteiger partial charge on any atom is -0.361 e. The molecular formula is C10H15NO4S. The van der Waals surface area contributed by atoms with E-state index in [0.29, 0.717) is 23.3 Å². The van der Waals surface area contributed by atoms with Crippen molar-refractivity contribution in [3.63, 3.8) is 0 Å². The fourth-order valence-electron chi connectivity index (χ4n) is 1.43. The van der Waals surface area contributed by atoms with Gasteiger partial charge in [-0.1, -0.05) is 12.1 Å². The minimum atomic E-state index is -3.29. The Balaban J connectivity index is 2.85. The lowest BCUT2D eigenvalue weighted by Gasteiger charge is -2.05. The molecule has 0 aromatic carbocycles. The van der Waals surface area contributed by atoms with Gasteiger partial charge >= 0.3 is 0 Å². The minimum absolute atomic E-state index is 0.119. The van der Waals surface area contributed by atoms with Crippen LogP contribution in [0.25, 0.3) is 0 Å². The van der Waals surface area contributed by atoms with Gasteiger partial charge in [-0.3, -0.25) is 0 Å². The highest BCUT2D eigenvalue weighted by Crippen LogP contribution is 2.17. The zero-order valence-electron chi connectivity index (χ0n) is 9.56. The van der Waals surface area contributed by atoms with E-state index < -0.39 is 15.8 Å². The van der Waals surface area contributed by atoms with Crippen molar-refractivity contribution in [1.82, 2.24) is 5.16 Å². The largest absolute Gasteiger partial charge is 0.361 e. The maximum atomic E-state index is 11.7. The molecule has 0 fully saturated rings. The van der Waals surface area contributed by atoms with Crippen molar-refractivity contribution < 1.29 is 17.7 Å². The summed E-state index contributed by atoms with van der Waals surface area (Å²) in [7, 11) is -3.29. The highest BCUT2D eigenvalue weighted by atomic mass is 32.2. The molecule has 6 heteroatoms. The summed E-state index contributed by atoms with van der Waals surface area (Å²) in [5.41, 5.74) is 1.18. The zero-order chi connectivity index (χ0) is 12.3. The first kappa shape index (κ1) is 12.9. The molecule has 0 saturated heterocycles. The first-order valence-corrected chi connectivity index (χ1v) is 6.75. The summed E-state index contributed by atoms with van der Waals surface area (Å²) in [6.07, 6.45) is 0.644. The third-order valence-electron chi connectivity index (χ3n) is 2.29. The number of aromatic nitrogens is 1. The van der Waals surface area contributed by atoms with Crippen molar-refractivity contribution in [1.29, 1.82) is 0 Å². The maximum Gasteiger partial charge on any atom is 0.155 e. The normalized spacial score (nSPS) is 13.7. The number of carbonyl (C=O) groups excluding carboxylic acids is 1. The van der Waals surface area contributed by atoms with Crippen LogP contribution in [0.1, 0.15) is 23.9 Å². The SMILES string of the molecule is Cc1noc(C)c1CS(=O)(=O)C[C@H](C)C=O. The van der Waals surface area contributed by atoms with Gasteiger partial charge < -0.3 is 9.32 Å². The third kappa shape index (κ3) is 3.16. The van der Waals surface area contributed by atoms with Gasteiger partial charge in [-0.05, 0) is 13.8 Å². The molecule has 5 nitrogen and oxygen atoms in total. The number of rotatable bonds is 5. The van der Waals surface area contributed by atoms with Crippen LogP contribution < -0.4 is 0 Å². The van der Waals surface area contributed by atoms with Crippen molar-refractivity contribution >= 4 is 16.1 Å². The van der Waals surface area contributed by atoms with E-state index in [1.807, 2.05) is 0 Å². The average molecular weight is 245 g/mol. The quantitative estimate of drug-likeness (QED) is 0.724. The lowest BCUT2D eigenvalue weighted by molar-refractivity contribution is -0.110. The number of carbonyl (C=O) groups is 1. The predicted molar refractivity (Wildman–Crippen MR) is 58.7 cm³/mol. The van der Waals surface area contributed by atoms with Crippen LogP contribution in [0.5, 0.6) is 0 Å². The van der Waals surface area contributed by atoms with Crippen LogP contribution in [0.2, 0.25) is 0 Å². The van der Waals surface area contributed by atoms with Gasteiger partial charge in [0.15, 0.2) is 9.84 Å². The summed E-state index contributed by atoms with van der Waals surface area (Å²) >= 11 is 0. The van der Waals surface area contributed by atoms with Crippen molar-refractivity contribution in [2.75, 3.05) is 5.75 Å². The van der Waals surface area contributed by atoms with Crippen molar-refractivity contribution in [3.05, 3.63) is 17.0 Å². The average Bonchev–Trinajstić information content (AvgIpc) is 2.48. The van der Waals surface area contributed by atoms with Crippen LogP contribution >= 0.6 is 0 Å². The van der Waals surface area contributed by atoms with Gasteiger partial charge in [-0.2, -0.15) is 0 Å². The Labute approximate surface area is 94.7 Å². The van der Waals surface area contributed by atoms with Crippen LogP contribution in [0, 0.1) is 19.8 Å². The van der Waals surface area contributed by atoms with Crippen LogP contribution in [0.4, 0.5) is 0 Å². The molecule has 0 aliphatic heterocycles. The molecule has 0 aliphatic carbocycles. The third-order valence-corrected chi connectivity index (χ3v) is 4.06. The molecule has 1 rings (SSSR count). The van der Waals surface area contributed by atoms with E-state index in [1.165, 1.54) is 0 Å². The molecule has 16 heavy (non-hydrogen) atoms. The van der Waals surface area contributed by atoms with Crippen LogP contribution in [0.3, 0.4) is 0 Å². The Morgan fingerprint density at radius 3 is 2.50 bits per heavy atom. The highest BCUT2D eigenvalue weighted by Gasteiger charge is 2.20. The summed E-state index contributed by atoms with van der Waals surface area (Å²) in [5.74, 6) is -0.224. The summed E-state index contributed by atoms with van der Waals surface area (Å²) in [4.78, 5) is 10.4. The fourth-order valence-corrected chi connectivity index (χ4v) is 3.28. The van der Waals surface area contributed by atoms with E-state index in [-0.39, 0.29) is 11.5 Å². The second-order valence-electron chi connectivity index (χ2n) is 3.97. The molecule has 1 aromatic rings. The second kappa shape index (κ2) is 4.78. The van der Waals surface area contributed by atoms with Gasteiger partial charge in [-0.25, -0.2) is 8.42 Å². The molecule has 0 unspecified atom stereocenters.